The third kappa shape index (κ3) is 2.60. The molecule has 0 fully saturated rings. The molecule has 0 amide bonds. The smallest absolute Gasteiger partial charge is 0.356 e. The molecular weight excluding hydrogens is 296 g/mol. The van der Waals surface area contributed by atoms with Crippen molar-refractivity contribution in [3.63, 3.8) is 0 Å². The molecule has 122 valence electrons. The lowest BCUT2D eigenvalue weighted by molar-refractivity contribution is 0.0688. The van der Waals surface area contributed by atoms with Crippen LogP contribution in [0.25, 0.3) is 0 Å². The van der Waals surface area contributed by atoms with E-state index in [1.54, 1.807) is 17.9 Å². The lowest BCUT2D eigenvalue weighted by Gasteiger charge is -2.28. The van der Waals surface area contributed by atoms with E-state index in [1.807, 2.05) is 30.8 Å². The van der Waals surface area contributed by atoms with Crippen molar-refractivity contribution >= 4 is 17.7 Å². The molecule has 3 heterocycles. The Kier molecular flexibility index (Phi) is 3.67. The zero-order valence-electron chi connectivity index (χ0n) is 13.7. The summed E-state index contributed by atoms with van der Waals surface area (Å²) in [4.78, 5) is 24.4. The third-order valence-electron chi connectivity index (χ3n) is 4.08. The topological polar surface area (TPSA) is 87.4 Å². The number of hydrogen-bond donors (Lipinski definition) is 1. The number of carboxylic acid groups (broad SMARTS) is 1. The molecule has 0 bridgehead atoms. The second-order valence-corrected chi connectivity index (χ2v) is 5.95. The summed E-state index contributed by atoms with van der Waals surface area (Å²) in [5, 5.41) is 13.5. The molecule has 0 saturated carbocycles. The Bertz CT molecular complexity index is 768. The van der Waals surface area contributed by atoms with Crippen LogP contribution in [0.3, 0.4) is 0 Å². The zero-order valence-corrected chi connectivity index (χ0v) is 13.7. The number of carbonyl (C=O) groups is 1. The van der Waals surface area contributed by atoms with Crippen molar-refractivity contribution < 1.29 is 9.90 Å². The molecule has 0 spiro atoms. The van der Waals surface area contributed by atoms with E-state index in [4.69, 9.17) is 0 Å². The summed E-state index contributed by atoms with van der Waals surface area (Å²) in [5.41, 5.74) is 2.84. The van der Waals surface area contributed by atoms with Gasteiger partial charge in [0.1, 0.15) is 5.82 Å². The molecule has 0 unspecified atom stereocenters. The summed E-state index contributed by atoms with van der Waals surface area (Å²) in [6, 6.07) is 0. The van der Waals surface area contributed by atoms with Crippen LogP contribution in [0.15, 0.2) is 6.20 Å². The minimum atomic E-state index is -0.998. The molecule has 3 rings (SSSR count). The Morgan fingerprint density at radius 1 is 1.39 bits per heavy atom. The normalized spacial score (nSPS) is 13.8. The molecule has 8 heteroatoms. The fourth-order valence-electron chi connectivity index (χ4n) is 2.96. The van der Waals surface area contributed by atoms with E-state index in [9.17, 15) is 9.90 Å². The highest BCUT2D eigenvalue weighted by Gasteiger charge is 2.28. The molecule has 2 aromatic heterocycles. The van der Waals surface area contributed by atoms with E-state index < -0.39 is 5.97 Å². The van der Waals surface area contributed by atoms with Crippen molar-refractivity contribution in [2.24, 2.45) is 7.05 Å². The van der Waals surface area contributed by atoms with Gasteiger partial charge in [-0.2, -0.15) is 10.1 Å². The van der Waals surface area contributed by atoms with E-state index in [0.29, 0.717) is 12.5 Å². The molecule has 0 saturated heterocycles. The Labute approximate surface area is 134 Å². The van der Waals surface area contributed by atoms with Crippen molar-refractivity contribution in [2.75, 3.05) is 30.4 Å². The Balaban J connectivity index is 1.96. The second-order valence-electron chi connectivity index (χ2n) is 5.95. The highest BCUT2D eigenvalue weighted by molar-refractivity contribution is 5.87. The number of anilines is 2. The van der Waals surface area contributed by atoms with Crippen molar-refractivity contribution in [1.29, 1.82) is 0 Å². The van der Waals surface area contributed by atoms with Gasteiger partial charge < -0.3 is 14.9 Å². The van der Waals surface area contributed by atoms with Crippen LogP contribution in [-0.2, 0) is 20.0 Å². The van der Waals surface area contributed by atoms with E-state index in [-0.39, 0.29) is 5.69 Å². The van der Waals surface area contributed by atoms with Crippen LogP contribution < -0.4 is 9.80 Å². The van der Waals surface area contributed by atoms with Crippen LogP contribution in [0.2, 0.25) is 0 Å². The SMILES string of the molecule is Cc1cnc(N2CCc3c(c(C(=O)O)nn3C)C2)nc1N(C)C. The molecule has 2 aromatic rings. The average Bonchev–Trinajstić information content (AvgIpc) is 2.84. The first kappa shape index (κ1) is 15.3. The van der Waals surface area contributed by atoms with Gasteiger partial charge >= 0.3 is 5.97 Å². The first-order valence-electron chi connectivity index (χ1n) is 7.42. The van der Waals surface area contributed by atoms with Gasteiger partial charge in [-0.1, -0.05) is 0 Å². The van der Waals surface area contributed by atoms with E-state index in [1.165, 1.54) is 0 Å². The van der Waals surface area contributed by atoms with E-state index >= 15 is 0 Å². The Hall–Kier alpha value is -2.64. The second kappa shape index (κ2) is 5.53. The van der Waals surface area contributed by atoms with Crippen LogP contribution >= 0.6 is 0 Å². The van der Waals surface area contributed by atoms with Gasteiger partial charge in [0.05, 0.1) is 6.54 Å². The summed E-state index contributed by atoms with van der Waals surface area (Å²) >= 11 is 0. The molecule has 8 nitrogen and oxygen atoms in total. The van der Waals surface area contributed by atoms with Crippen molar-refractivity contribution in [3.05, 3.63) is 28.7 Å². The van der Waals surface area contributed by atoms with Crippen LogP contribution in [0.4, 0.5) is 11.8 Å². The van der Waals surface area contributed by atoms with E-state index in [0.717, 1.165) is 35.6 Å². The van der Waals surface area contributed by atoms with Crippen molar-refractivity contribution in [1.82, 2.24) is 19.7 Å². The molecule has 1 N–H and O–H groups in total. The summed E-state index contributed by atoms with van der Waals surface area (Å²) in [5.74, 6) is 0.484. The van der Waals surface area contributed by atoms with Crippen LogP contribution in [0.5, 0.6) is 0 Å². The predicted octanol–water partition coefficient (Wildman–Crippen LogP) is 0.845. The Morgan fingerprint density at radius 3 is 2.78 bits per heavy atom. The highest BCUT2D eigenvalue weighted by atomic mass is 16.4. The van der Waals surface area contributed by atoms with Crippen LogP contribution in [0, 0.1) is 6.92 Å². The number of aromatic nitrogens is 4. The molecule has 23 heavy (non-hydrogen) atoms. The largest absolute Gasteiger partial charge is 0.476 e. The predicted molar refractivity (Wildman–Crippen MR) is 86.0 cm³/mol. The van der Waals surface area contributed by atoms with Gasteiger partial charge in [0, 0.05) is 57.1 Å². The molecule has 0 aliphatic carbocycles. The minimum Gasteiger partial charge on any atom is -0.476 e. The highest BCUT2D eigenvalue weighted by Crippen LogP contribution is 2.26. The van der Waals surface area contributed by atoms with Gasteiger partial charge in [-0.15, -0.1) is 0 Å². The number of carboxylic acids is 1. The van der Waals surface area contributed by atoms with Crippen molar-refractivity contribution in [3.8, 4) is 0 Å². The fraction of sp³-hybridized carbons (Fsp3) is 0.467. The van der Waals surface area contributed by atoms with Gasteiger partial charge in [-0.05, 0) is 6.92 Å². The zero-order chi connectivity index (χ0) is 16.7. The summed E-state index contributed by atoms with van der Waals surface area (Å²) in [7, 11) is 5.67. The lowest BCUT2D eigenvalue weighted by atomic mass is 10.1. The van der Waals surface area contributed by atoms with Crippen molar-refractivity contribution in [2.45, 2.75) is 19.9 Å². The molecule has 0 radical (unpaired) electrons. The first-order valence-corrected chi connectivity index (χ1v) is 7.42. The number of aryl methyl sites for hydroxylation is 2. The molecular formula is C15H20N6O2. The average molecular weight is 316 g/mol. The lowest BCUT2D eigenvalue weighted by Crippen LogP contribution is -2.33. The third-order valence-corrected chi connectivity index (χ3v) is 4.08. The molecule has 1 aliphatic rings. The van der Waals surface area contributed by atoms with Crippen LogP contribution in [0.1, 0.15) is 27.3 Å². The number of hydrogen-bond acceptors (Lipinski definition) is 6. The van der Waals surface area contributed by atoms with Gasteiger partial charge in [0.15, 0.2) is 5.69 Å². The maximum atomic E-state index is 11.4. The van der Waals surface area contributed by atoms with E-state index in [2.05, 4.69) is 15.1 Å². The molecule has 0 atom stereocenters. The number of fused-ring (bicyclic) bond motifs is 1. The molecule has 1 aliphatic heterocycles. The number of rotatable bonds is 3. The standard InChI is InChI=1S/C15H20N6O2/c1-9-7-16-15(17-13(9)19(2)3)21-6-5-11-10(8-21)12(14(22)23)18-20(11)4/h7H,5-6,8H2,1-4H3,(H,22,23). The Morgan fingerprint density at radius 2 is 2.13 bits per heavy atom. The first-order chi connectivity index (χ1) is 10.9. The maximum absolute atomic E-state index is 11.4. The van der Waals surface area contributed by atoms with Gasteiger partial charge in [0.2, 0.25) is 5.95 Å². The number of nitrogens with zero attached hydrogens (tertiary/aromatic N) is 6. The fourth-order valence-corrected chi connectivity index (χ4v) is 2.96. The minimum absolute atomic E-state index is 0.118. The quantitative estimate of drug-likeness (QED) is 0.898. The summed E-state index contributed by atoms with van der Waals surface area (Å²) in [6.45, 7) is 3.17. The van der Waals surface area contributed by atoms with Gasteiger partial charge in [-0.25, -0.2) is 9.78 Å². The molecule has 0 aromatic carbocycles. The monoisotopic (exact) mass is 316 g/mol. The summed E-state index contributed by atoms with van der Waals surface area (Å²) < 4.78 is 1.66. The van der Waals surface area contributed by atoms with Crippen LogP contribution in [-0.4, -0.2) is 51.5 Å². The van der Waals surface area contributed by atoms with Gasteiger partial charge in [0.25, 0.3) is 0 Å². The summed E-state index contributed by atoms with van der Waals surface area (Å²) in [6.07, 6.45) is 2.52. The maximum Gasteiger partial charge on any atom is 0.356 e. The number of aromatic carboxylic acids is 1. The van der Waals surface area contributed by atoms with Gasteiger partial charge in [-0.3, -0.25) is 4.68 Å².